The van der Waals surface area contributed by atoms with Gasteiger partial charge in [-0.2, -0.15) is 4.37 Å². The highest BCUT2D eigenvalue weighted by atomic mass is 32.2. The van der Waals surface area contributed by atoms with Crippen molar-refractivity contribution in [3.63, 3.8) is 0 Å². The van der Waals surface area contributed by atoms with Crippen LogP contribution in [0.5, 0.6) is 0 Å². The average molecular weight is 142 g/mol. The Morgan fingerprint density at radius 2 is 2.50 bits per heavy atom. The number of rotatable bonds is 0. The van der Waals surface area contributed by atoms with Gasteiger partial charge in [-0.15, -0.1) is 11.3 Å². The van der Waals surface area contributed by atoms with E-state index in [1.165, 1.54) is 15.5 Å². The smallest absolute Gasteiger partial charge is 0.127 e. The predicted octanol–water partition coefficient (Wildman–Crippen LogP) is 1.75. The maximum absolute atomic E-state index is 4.05. The lowest BCUT2D eigenvalue weighted by Gasteiger charge is -1.59. The zero-order valence-electron chi connectivity index (χ0n) is 3.87. The number of aromatic nitrogens is 2. The fourth-order valence-corrected chi connectivity index (χ4v) is 1.89. The maximum Gasteiger partial charge on any atom is 0.127 e. The summed E-state index contributed by atoms with van der Waals surface area (Å²) in [6.07, 6.45) is 1.79. The molecule has 2 heterocycles. The topological polar surface area (TPSA) is 25.8 Å². The van der Waals surface area contributed by atoms with E-state index in [9.17, 15) is 0 Å². The van der Waals surface area contributed by atoms with Gasteiger partial charge in [0.05, 0.1) is 11.7 Å². The van der Waals surface area contributed by atoms with Crippen LogP contribution < -0.4 is 0 Å². The van der Waals surface area contributed by atoms with E-state index in [1.54, 1.807) is 17.5 Å². The Kier molecular flexibility index (Phi) is 0.824. The summed E-state index contributed by atoms with van der Waals surface area (Å²) >= 11 is 3.14. The number of nitrogens with zero attached hydrogens (tertiary/aromatic N) is 2. The molecule has 2 rings (SSSR count). The van der Waals surface area contributed by atoms with Gasteiger partial charge in [0, 0.05) is 0 Å². The van der Waals surface area contributed by atoms with E-state index >= 15 is 0 Å². The normalized spacial score (nSPS) is 10.5. The van der Waals surface area contributed by atoms with Gasteiger partial charge in [0.25, 0.3) is 0 Å². The Morgan fingerprint density at radius 3 is 3.38 bits per heavy atom. The van der Waals surface area contributed by atoms with Gasteiger partial charge in [0.15, 0.2) is 0 Å². The third-order valence-electron chi connectivity index (χ3n) is 0.871. The molecular formula is C4H2N2S2. The first-order valence-corrected chi connectivity index (χ1v) is 3.76. The van der Waals surface area contributed by atoms with Crippen LogP contribution in [0.2, 0.25) is 0 Å². The van der Waals surface area contributed by atoms with E-state index in [0.29, 0.717) is 0 Å². The fourth-order valence-electron chi connectivity index (χ4n) is 0.523. The van der Waals surface area contributed by atoms with Crippen LogP contribution in [-0.4, -0.2) is 9.36 Å². The van der Waals surface area contributed by atoms with Gasteiger partial charge < -0.3 is 0 Å². The Labute approximate surface area is 54.0 Å². The van der Waals surface area contributed by atoms with Crippen LogP contribution in [0.15, 0.2) is 11.7 Å². The Morgan fingerprint density at radius 1 is 1.50 bits per heavy atom. The van der Waals surface area contributed by atoms with Crippen LogP contribution >= 0.6 is 22.9 Å². The summed E-state index contributed by atoms with van der Waals surface area (Å²) in [5, 5.41) is 0. The fraction of sp³-hybridized carbons (Fsp3) is 0. The summed E-state index contributed by atoms with van der Waals surface area (Å²) in [6, 6.07) is 0. The molecule has 0 fully saturated rings. The maximum atomic E-state index is 4.05. The lowest BCUT2D eigenvalue weighted by Crippen LogP contribution is -1.51. The second-order valence-electron chi connectivity index (χ2n) is 1.35. The molecule has 0 spiro atoms. The van der Waals surface area contributed by atoms with Crippen LogP contribution in [0.25, 0.3) is 9.53 Å². The zero-order chi connectivity index (χ0) is 5.40. The molecule has 2 nitrogen and oxygen atoms in total. The molecule has 2 aromatic rings. The number of hydrogen-bond acceptors (Lipinski definition) is 4. The highest BCUT2D eigenvalue weighted by Crippen LogP contribution is 2.19. The highest BCUT2D eigenvalue weighted by Gasteiger charge is 1.94. The van der Waals surface area contributed by atoms with Crippen molar-refractivity contribution in [2.24, 2.45) is 0 Å². The molecular weight excluding hydrogens is 140 g/mol. The predicted molar refractivity (Wildman–Crippen MR) is 35.3 cm³/mol. The zero-order valence-corrected chi connectivity index (χ0v) is 5.50. The third kappa shape index (κ3) is 0.468. The third-order valence-corrected chi connectivity index (χ3v) is 2.60. The van der Waals surface area contributed by atoms with Crippen LogP contribution in [0.4, 0.5) is 0 Å². The van der Waals surface area contributed by atoms with Crippen molar-refractivity contribution in [2.45, 2.75) is 0 Å². The molecule has 4 heteroatoms. The first-order chi connectivity index (χ1) is 3.97. The SMILES string of the molecule is c1nc2cnsc2s1. The van der Waals surface area contributed by atoms with Crippen LogP contribution in [0.3, 0.4) is 0 Å². The molecule has 0 N–H and O–H groups in total. The molecule has 0 bridgehead atoms. The monoisotopic (exact) mass is 142 g/mol. The van der Waals surface area contributed by atoms with Crippen molar-refractivity contribution in [1.29, 1.82) is 0 Å². The molecule has 0 aliphatic rings. The van der Waals surface area contributed by atoms with E-state index in [0.717, 1.165) is 5.52 Å². The summed E-state index contributed by atoms with van der Waals surface area (Å²) in [5.41, 5.74) is 2.86. The van der Waals surface area contributed by atoms with E-state index in [4.69, 9.17) is 0 Å². The van der Waals surface area contributed by atoms with Crippen molar-refractivity contribution in [2.75, 3.05) is 0 Å². The second-order valence-corrected chi connectivity index (χ2v) is 3.27. The molecule has 40 valence electrons. The lowest BCUT2D eigenvalue weighted by atomic mass is 10.7. The van der Waals surface area contributed by atoms with Gasteiger partial charge in [0.1, 0.15) is 9.53 Å². The summed E-state index contributed by atoms with van der Waals surface area (Å²) in [5.74, 6) is 0. The number of thiazole rings is 1. The minimum Gasteiger partial charge on any atom is -0.242 e. The average Bonchev–Trinajstić information content (AvgIpc) is 2.15. The van der Waals surface area contributed by atoms with Crippen molar-refractivity contribution in [1.82, 2.24) is 9.36 Å². The summed E-state index contributed by atoms with van der Waals surface area (Å²) in [4.78, 5) is 4.05. The minimum absolute atomic E-state index is 1.03. The summed E-state index contributed by atoms with van der Waals surface area (Å²) < 4.78 is 5.16. The van der Waals surface area contributed by atoms with Gasteiger partial charge in [0.2, 0.25) is 0 Å². The quantitative estimate of drug-likeness (QED) is 0.560. The second kappa shape index (κ2) is 1.50. The van der Waals surface area contributed by atoms with Gasteiger partial charge in [-0.3, -0.25) is 0 Å². The van der Waals surface area contributed by atoms with Gasteiger partial charge in [-0.25, -0.2) is 4.98 Å². The summed E-state index contributed by atoms with van der Waals surface area (Å²) in [7, 11) is 0. The molecule has 0 aliphatic heterocycles. The van der Waals surface area contributed by atoms with Crippen molar-refractivity contribution in [3.8, 4) is 0 Å². The Hall–Kier alpha value is -0.480. The Bertz CT molecular complexity index is 233. The van der Waals surface area contributed by atoms with E-state index in [2.05, 4.69) is 9.36 Å². The van der Waals surface area contributed by atoms with Crippen molar-refractivity contribution < 1.29 is 0 Å². The van der Waals surface area contributed by atoms with Crippen molar-refractivity contribution >= 4 is 32.4 Å². The molecule has 0 saturated carbocycles. The van der Waals surface area contributed by atoms with Crippen LogP contribution in [0, 0.1) is 0 Å². The van der Waals surface area contributed by atoms with Gasteiger partial charge in [-0.1, -0.05) is 0 Å². The molecule has 0 amide bonds. The van der Waals surface area contributed by atoms with Crippen molar-refractivity contribution in [3.05, 3.63) is 11.7 Å². The molecule has 2 aromatic heterocycles. The van der Waals surface area contributed by atoms with Gasteiger partial charge in [-0.05, 0) is 11.5 Å². The Balaban J connectivity index is 3.06. The molecule has 0 aliphatic carbocycles. The van der Waals surface area contributed by atoms with E-state index in [-0.39, 0.29) is 0 Å². The molecule has 0 atom stereocenters. The minimum atomic E-state index is 1.03. The molecule has 0 aromatic carbocycles. The number of hydrogen-bond donors (Lipinski definition) is 0. The standard InChI is InChI=1S/C4H2N2S2/c1-3-4(8-6-1)7-2-5-3/h1-2H. The number of fused-ring (bicyclic) bond motifs is 1. The van der Waals surface area contributed by atoms with Crippen LogP contribution in [-0.2, 0) is 0 Å². The van der Waals surface area contributed by atoms with E-state index in [1.807, 2.05) is 5.51 Å². The van der Waals surface area contributed by atoms with Crippen LogP contribution in [0.1, 0.15) is 0 Å². The molecule has 0 radical (unpaired) electrons. The largest absolute Gasteiger partial charge is 0.242 e. The molecule has 0 unspecified atom stereocenters. The first-order valence-electron chi connectivity index (χ1n) is 2.11. The summed E-state index contributed by atoms with van der Waals surface area (Å²) in [6.45, 7) is 0. The molecule has 8 heavy (non-hydrogen) atoms. The molecule has 0 saturated heterocycles. The van der Waals surface area contributed by atoms with Gasteiger partial charge >= 0.3 is 0 Å². The first kappa shape index (κ1) is 4.40. The lowest BCUT2D eigenvalue weighted by molar-refractivity contribution is 1.47. The highest BCUT2D eigenvalue weighted by molar-refractivity contribution is 7.34. The van der Waals surface area contributed by atoms with E-state index < -0.39 is 0 Å².